The summed E-state index contributed by atoms with van der Waals surface area (Å²) < 4.78 is 7.75. The van der Waals surface area contributed by atoms with Crippen molar-refractivity contribution < 1.29 is 19.2 Å². The number of nitrogens with zero attached hydrogens (tertiary/aromatic N) is 4. The Morgan fingerprint density at radius 1 is 1.15 bits per heavy atom. The molecule has 1 amide bonds. The Bertz CT molecular complexity index is 1750. The number of rotatable bonds is 7. The van der Waals surface area contributed by atoms with E-state index >= 15 is 0 Å². The highest BCUT2D eigenvalue weighted by atomic mass is 16.6. The minimum atomic E-state index is -0.662. The number of para-hydroxylation sites is 2. The predicted octanol–water partition coefficient (Wildman–Crippen LogP) is 5.02. The zero-order valence-electron chi connectivity index (χ0n) is 21.0. The minimum absolute atomic E-state index is 0.0303. The van der Waals surface area contributed by atoms with E-state index in [1.54, 1.807) is 0 Å². The lowest BCUT2D eigenvalue weighted by atomic mass is 9.93. The second kappa shape index (κ2) is 10.1. The van der Waals surface area contributed by atoms with Crippen molar-refractivity contribution in [3.8, 4) is 5.75 Å². The molecule has 10 heteroatoms. The molecule has 5 aromatic rings. The van der Waals surface area contributed by atoms with Gasteiger partial charge in [0.2, 0.25) is 5.75 Å². The smallest absolute Gasteiger partial charge is 0.315 e. The molecule has 0 saturated heterocycles. The van der Waals surface area contributed by atoms with Gasteiger partial charge in [-0.25, -0.2) is 10.4 Å². The van der Waals surface area contributed by atoms with E-state index in [1.165, 1.54) is 12.3 Å². The molecular weight excluding hydrogens is 498 g/mol. The van der Waals surface area contributed by atoms with Gasteiger partial charge < -0.3 is 14.1 Å². The van der Waals surface area contributed by atoms with Crippen LogP contribution in [-0.2, 0) is 30.6 Å². The Kier molecular flexibility index (Phi) is 6.28. The van der Waals surface area contributed by atoms with Gasteiger partial charge in [-0.1, -0.05) is 42.5 Å². The monoisotopic (exact) mass is 523 g/mol. The van der Waals surface area contributed by atoms with Crippen molar-refractivity contribution in [1.29, 1.82) is 0 Å². The summed E-state index contributed by atoms with van der Waals surface area (Å²) in [6.45, 7) is -0.0303. The molecule has 1 aliphatic carbocycles. The van der Waals surface area contributed by atoms with Gasteiger partial charge in [0.15, 0.2) is 0 Å². The van der Waals surface area contributed by atoms with Crippen LogP contribution < -0.4 is 5.43 Å². The van der Waals surface area contributed by atoms with Gasteiger partial charge in [-0.15, -0.1) is 0 Å². The van der Waals surface area contributed by atoms with Gasteiger partial charge in [0, 0.05) is 23.8 Å². The third-order valence-electron chi connectivity index (χ3n) is 7.05. The Labute approximate surface area is 222 Å². The maximum atomic E-state index is 13.0. The first-order chi connectivity index (χ1) is 19.0. The molecule has 2 heterocycles. The average molecular weight is 524 g/mol. The molecule has 0 saturated carbocycles. The van der Waals surface area contributed by atoms with Gasteiger partial charge >= 0.3 is 5.69 Å². The average Bonchev–Trinajstić information content (AvgIpc) is 3.48. The number of furan rings is 1. The maximum Gasteiger partial charge on any atom is 0.315 e. The van der Waals surface area contributed by atoms with Crippen molar-refractivity contribution in [2.45, 2.75) is 38.6 Å². The van der Waals surface area contributed by atoms with Crippen molar-refractivity contribution in [3.63, 3.8) is 0 Å². The van der Waals surface area contributed by atoms with Crippen LogP contribution in [0, 0.1) is 10.1 Å². The van der Waals surface area contributed by atoms with E-state index in [-0.39, 0.29) is 12.1 Å². The van der Waals surface area contributed by atoms with Crippen LogP contribution in [0.4, 0.5) is 5.69 Å². The molecule has 6 rings (SSSR count). The number of nitro benzene ring substituents is 1. The van der Waals surface area contributed by atoms with Crippen molar-refractivity contribution in [2.75, 3.05) is 0 Å². The van der Waals surface area contributed by atoms with Gasteiger partial charge in [0.1, 0.15) is 23.7 Å². The summed E-state index contributed by atoms with van der Waals surface area (Å²) in [4.78, 5) is 28.6. The third kappa shape index (κ3) is 4.61. The van der Waals surface area contributed by atoms with Gasteiger partial charge in [0.05, 0.1) is 33.8 Å². The minimum Gasteiger partial charge on any atom is -0.502 e. The van der Waals surface area contributed by atoms with Crippen molar-refractivity contribution in [2.24, 2.45) is 5.10 Å². The summed E-state index contributed by atoms with van der Waals surface area (Å²) in [6, 6.07) is 18.7. The molecule has 3 aromatic carbocycles. The molecule has 0 unspecified atom stereocenters. The highest BCUT2D eigenvalue weighted by Gasteiger charge is 2.27. The number of aromatic nitrogens is 2. The number of hydrogen-bond acceptors (Lipinski definition) is 7. The van der Waals surface area contributed by atoms with Crippen LogP contribution in [0.3, 0.4) is 0 Å². The van der Waals surface area contributed by atoms with Crippen LogP contribution in [-0.4, -0.2) is 31.7 Å². The number of carbonyl (C=O) groups excluding carboxylic acids is 1. The molecule has 2 N–H and O–H groups in total. The lowest BCUT2D eigenvalue weighted by Gasteiger charge is -2.10. The molecule has 0 spiro atoms. The van der Waals surface area contributed by atoms with E-state index in [0.717, 1.165) is 59.4 Å². The number of fused-ring (bicyclic) bond motifs is 4. The quantitative estimate of drug-likeness (QED) is 0.175. The first-order valence-electron chi connectivity index (χ1n) is 12.7. The van der Waals surface area contributed by atoms with Crippen molar-refractivity contribution in [3.05, 3.63) is 99.1 Å². The zero-order valence-corrected chi connectivity index (χ0v) is 21.0. The van der Waals surface area contributed by atoms with E-state index in [2.05, 4.69) is 10.5 Å². The molecule has 1 aliphatic rings. The molecule has 39 heavy (non-hydrogen) atoms. The molecule has 0 aliphatic heterocycles. The fourth-order valence-corrected chi connectivity index (χ4v) is 5.26. The zero-order chi connectivity index (χ0) is 26.9. The van der Waals surface area contributed by atoms with Gasteiger partial charge in [-0.2, -0.15) is 5.10 Å². The van der Waals surface area contributed by atoms with Crippen LogP contribution >= 0.6 is 0 Å². The number of benzene rings is 3. The summed E-state index contributed by atoms with van der Waals surface area (Å²) in [5, 5.41) is 27.0. The summed E-state index contributed by atoms with van der Waals surface area (Å²) in [5.74, 6) is 0.599. The SMILES string of the molecule is O=C(Cn1c(Cc2ccccc2)nc2ccccc21)N/N=C/c1c(O)c([N+](=O)[O-])cc2oc3c(c12)CCCC3. The standard InChI is InChI=1S/C29H25N5O5/c35-27(17-33-22-12-6-5-11-21(22)31-26(33)14-18-8-2-1-3-9-18)32-30-16-20-28-19-10-4-7-13-24(19)39-25(28)15-23(29(20)36)34(37)38/h1-3,5-6,8-9,11-12,15-16,36H,4,7,10,13-14,17H2,(H,32,35)/b30-16+. The number of hydrogen-bond donors (Lipinski definition) is 2. The molecule has 0 bridgehead atoms. The Morgan fingerprint density at radius 3 is 2.74 bits per heavy atom. The normalized spacial score (nSPS) is 13.2. The number of imidazole rings is 1. The van der Waals surface area contributed by atoms with Gasteiger partial charge in [-0.3, -0.25) is 14.9 Å². The van der Waals surface area contributed by atoms with Gasteiger partial charge in [0.25, 0.3) is 5.91 Å². The van der Waals surface area contributed by atoms with E-state index < -0.39 is 22.3 Å². The van der Waals surface area contributed by atoms with E-state index in [1.807, 2.05) is 59.2 Å². The van der Waals surface area contributed by atoms with Crippen molar-refractivity contribution >= 4 is 39.8 Å². The van der Waals surface area contributed by atoms with Crippen LogP contribution in [0.5, 0.6) is 5.75 Å². The Balaban J connectivity index is 1.29. The Hall–Kier alpha value is -4.99. The summed E-state index contributed by atoms with van der Waals surface area (Å²) in [6.07, 6.45) is 5.20. The fraction of sp³-hybridized carbons (Fsp3) is 0.207. The van der Waals surface area contributed by atoms with Crippen LogP contribution in [0.1, 0.15) is 41.1 Å². The van der Waals surface area contributed by atoms with Crippen LogP contribution in [0.15, 0.2) is 70.2 Å². The molecule has 0 fully saturated rings. The number of nitrogens with one attached hydrogen (secondary N) is 1. The molecule has 2 aromatic heterocycles. The number of nitro groups is 1. The summed E-state index contributed by atoms with van der Waals surface area (Å²) in [5.41, 5.74) is 6.12. The number of phenols is 1. The number of carbonyl (C=O) groups is 1. The van der Waals surface area contributed by atoms with E-state index in [4.69, 9.17) is 9.40 Å². The lowest BCUT2D eigenvalue weighted by Crippen LogP contribution is -2.24. The number of hydrazone groups is 1. The molecule has 10 nitrogen and oxygen atoms in total. The van der Waals surface area contributed by atoms with Crippen molar-refractivity contribution in [1.82, 2.24) is 15.0 Å². The van der Waals surface area contributed by atoms with E-state index in [9.17, 15) is 20.0 Å². The first-order valence-corrected chi connectivity index (χ1v) is 12.7. The van der Waals surface area contributed by atoms with E-state index in [0.29, 0.717) is 17.4 Å². The third-order valence-corrected chi connectivity index (χ3v) is 7.05. The molecule has 196 valence electrons. The van der Waals surface area contributed by atoms with Gasteiger partial charge in [-0.05, 0) is 37.0 Å². The summed E-state index contributed by atoms with van der Waals surface area (Å²) >= 11 is 0. The fourth-order valence-electron chi connectivity index (χ4n) is 5.26. The lowest BCUT2D eigenvalue weighted by molar-refractivity contribution is -0.385. The molecule has 0 radical (unpaired) electrons. The predicted molar refractivity (Wildman–Crippen MR) is 146 cm³/mol. The first kappa shape index (κ1) is 24.4. The van der Waals surface area contributed by atoms with Crippen LogP contribution in [0.2, 0.25) is 0 Å². The second-order valence-corrected chi connectivity index (χ2v) is 9.56. The highest BCUT2D eigenvalue weighted by molar-refractivity contribution is 6.05. The number of phenolic OH excluding ortho intramolecular Hbond substituents is 1. The maximum absolute atomic E-state index is 13.0. The highest BCUT2D eigenvalue weighted by Crippen LogP contribution is 2.41. The second-order valence-electron chi connectivity index (χ2n) is 9.56. The number of aromatic hydroxyl groups is 1. The number of aryl methyl sites for hydroxylation is 2. The Morgan fingerprint density at radius 2 is 1.92 bits per heavy atom. The molecular formula is C29H25N5O5. The van der Waals surface area contributed by atoms with Crippen LogP contribution in [0.25, 0.3) is 22.0 Å². The number of amides is 1. The topological polar surface area (TPSA) is 136 Å². The molecule has 0 atom stereocenters. The largest absolute Gasteiger partial charge is 0.502 e. The summed E-state index contributed by atoms with van der Waals surface area (Å²) in [7, 11) is 0.